The van der Waals surface area contributed by atoms with Crippen LogP contribution in [0.25, 0.3) is 5.69 Å². The number of fused-ring (bicyclic) bond motifs is 1. The molecule has 1 atom stereocenters. The van der Waals surface area contributed by atoms with E-state index in [0.29, 0.717) is 6.42 Å². The van der Waals surface area contributed by atoms with Crippen molar-refractivity contribution in [2.45, 2.75) is 52.5 Å². The molecule has 0 bridgehead atoms. The summed E-state index contributed by atoms with van der Waals surface area (Å²) >= 11 is 0. The maximum absolute atomic E-state index is 10.8. The third-order valence-electron chi connectivity index (χ3n) is 4.41. The summed E-state index contributed by atoms with van der Waals surface area (Å²) in [7, 11) is 0. The number of hydrogen-bond donors (Lipinski definition) is 1. The Labute approximate surface area is 130 Å². The van der Waals surface area contributed by atoms with Gasteiger partial charge >= 0.3 is 5.97 Å². The summed E-state index contributed by atoms with van der Waals surface area (Å²) < 4.78 is 4.11. The van der Waals surface area contributed by atoms with Crippen LogP contribution in [0.1, 0.15) is 47.8 Å². The molecule has 1 N–H and O–H groups in total. The molecule has 0 radical (unpaired) electrons. The van der Waals surface area contributed by atoms with Gasteiger partial charge in [0, 0.05) is 17.9 Å². The number of carboxylic acid groups (broad SMARTS) is 1. The van der Waals surface area contributed by atoms with Gasteiger partial charge in [-0.1, -0.05) is 22.4 Å². The van der Waals surface area contributed by atoms with Crippen molar-refractivity contribution in [3.8, 4) is 5.69 Å². The van der Waals surface area contributed by atoms with Crippen molar-refractivity contribution in [2.24, 2.45) is 0 Å². The van der Waals surface area contributed by atoms with Gasteiger partial charge in [0.1, 0.15) is 5.69 Å². The fraction of sp³-hybridized carbons (Fsp3) is 0.471. The van der Waals surface area contributed by atoms with E-state index in [0.717, 1.165) is 24.4 Å². The van der Waals surface area contributed by atoms with Crippen LogP contribution in [0.15, 0.2) is 18.5 Å². The first kappa shape index (κ1) is 14.8. The fourth-order valence-electron chi connectivity index (χ4n) is 3.52. The Morgan fingerprint density at radius 1 is 1.36 bits per heavy atom. The zero-order valence-electron chi connectivity index (χ0n) is 13.3. The lowest BCUT2D eigenvalue weighted by Gasteiger charge is -2.08. The van der Waals surface area contributed by atoms with Gasteiger partial charge in [-0.2, -0.15) is 0 Å². The molecule has 1 aliphatic rings. The molecule has 0 saturated carbocycles. The molecule has 0 fully saturated rings. The molecular formula is C17H22N3O2+. The zero-order valence-corrected chi connectivity index (χ0v) is 13.3. The number of nitrogens with zero attached hydrogens (tertiary/aromatic N) is 3. The number of hydrogen-bond acceptors (Lipinski definition) is 2. The Bertz CT molecular complexity index is 710. The summed E-state index contributed by atoms with van der Waals surface area (Å²) in [4.78, 5) is 10.8. The van der Waals surface area contributed by atoms with Crippen molar-refractivity contribution in [3.05, 3.63) is 41.0 Å². The van der Waals surface area contributed by atoms with Gasteiger partial charge in [0.25, 0.3) is 5.82 Å². The minimum Gasteiger partial charge on any atom is -0.481 e. The third-order valence-corrected chi connectivity index (χ3v) is 4.41. The molecule has 5 heteroatoms. The van der Waals surface area contributed by atoms with Crippen molar-refractivity contribution in [3.63, 3.8) is 0 Å². The second kappa shape index (κ2) is 5.55. The van der Waals surface area contributed by atoms with Crippen molar-refractivity contribution in [1.29, 1.82) is 0 Å². The molecule has 0 saturated heterocycles. The summed E-state index contributed by atoms with van der Waals surface area (Å²) in [6.45, 7) is 6.31. The van der Waals surface area contributed by atoms with Crippen LogP contribution in [0, 0.1) is 20.8 Å². The number of aliphatic carboxylic acids is 1. The summed E-state index contributed by atoms with van der Waals surface area (Å²) in [6.07, 6.45) is 4.82. The van der Waals surface area contributed by atoms with Crippen LogP contribution in [0.4, 0.5) is 0 Å². The average Bonchev–Trinajstić information content (AvgIpc) is 2.95. The predicted octanol–water partition coefficient (Wildman–Crippen LogP) is 2.44. The highest BCUT2D eigenvalue weighted by Gasteiger charge is 2.32. The molecule has 0 aliphatic carbocycles. The molecular weight excluding hydrogens is 278 g/mol. The van der Waals surface area contributed by atoms with Crippen molar-refractivity contribution >= 4 is 5.97 Å². The molecule has 0 amide bonds. The Hall–Kier alpha value is -2.17. The molecule has 2 aromatic rings. The first-order chi connectivity index (χ1) is 10.5. The molecule has 116 valence electrons. The van der Waals surface area contributed by atoms with Gasteiger partial charge in [-0.15, -0.1) is 0 Å². The quantitative estimate of drug-likeness (QED) is 0.882. The highest BCUT2D eigenvalue weighted by atomic mass is 16.4. The SMILES string of the molecule is Cc1cc(C)c(-n2c[n+]3c(n2)CC[C@H]3CCC(=O)O)c(C)c1. The average molecular weight is 300 g/mol. The third kappa shape index (κ3) is 2.63. The van der Waals surface area contributed by atoms with Gasteiger partial charge in [0.15, 0.2) is 0 Å². The fourth-order valence-corrected chi connectivity index (χ4v) is 3.52. The van der Waals surface area contributed by atoms with Crippen LogP contribution in [0.2, 0.25) is 0 Å². The molecule has 5 nitrogen and oxygen atoms in total. The molecule has 1 aromatic carbocycles. The number of aryl methyl sites for hydroxylation is 4. The van der Waals surface area contributed by atoms with Crippen molar-refractivity contribution in [1.82, 2.24) is 9.78 Å². The topological polar surface area (TPSA) is 59.0 Å². The van der Waals surface area contributed by atoms with Crippen LogP contribution in [-0.2, 0) is 11.2 Å². The minimum atomic E-state index is -0.730. The lowest BCUT2D eigenvalue weighted by atomic mass is 10.1. The van der Waals surface area contributed by atoms with E-state index in [4.69, 9.17) is 10.2 Å². The van der Waals surface area contributed by atoms with E-state index in [1.807, 2.05) is 11.0 Å². The van der Waals surface area contributed by atoms with E-state index >= 15 is 0 Å². The van der Waals surface area contributed by atoms with Gasteiger partial charge in [0.2, 0.25) is 6.33 Å². The standard InChI is InChI=1S/C17H21N3O2/c1-11-8-12(2)17(13(3)9-11)20-10-19-14(5-7-16(21)22)4-6-15(19)18-20/h8-10,14H,4-7H2,1-3H3/p+1/t14-/m0/s1. The van der Waals surface area contributed by atoms with E-state index < -0.39 is 5.97 Å². The Morgan fingerprint density at radius 3 is 2.68 bits per heavy atom. The van der Waals surface area contributed by atoms with Gasteiger partial charge in [-0.3, -0.25) is 4.79 Å². The minimum absolute atomic E-state index is 0.213. The lowest BCUT2D eigenvalue weighted by molar-refractivity contribution is -0.717. The maximum atomic E-state index is 10.8. The normalized spacial score (nSPS) is 16.8. The van der Waals surface area contributed by atoms with Crippen LogP contribution in [0.3, 0.4) is 0 Å². The van der Waals surface area contributed by atoms with E-state index in [2.05, 4.69) is 37.5 Å². The summed E-state index contributed by atoms with van der Waals surface area (Å²) in [5.41, 5.74) is 4.80. The van der Waals surface area contributed by atoms with Gasteiger partial charge < -0.3 is 5.11 Å². The van der Waals surface area contributed by atoms with E-state index in [9.17, 15) is 4.79 Å². The number of benzene rings is 1. The first-order valence-electron chi connectivity index (χ1n) is 7.75. The van der Waals surface area contributed by atoms with Crippen LogP contribution in [-0.4, -0.2) is 20.9 Å². The maximum Gasteiger partial charge on any atom is 0.303 e. The van der Waals surface area contributed by atoms with Crippen LogP contribution in [0.5, 0.6) is 0 Å². The van der Waals surface area contributed by atoms with Gasteiger partial charge in [-0.25, -0.2) is 4.57 Å². The Kier molecular flexibility index (Phi) is 3.72. The molecule has 2 heterocycles. The van der Waals surface area contributed by atoms with Crippen molar-refractivity contribution < 1.29 is 14.5 Å². The Morgan fingerprint density at radius 2 is 2.05 bits per heavy atom. The van der Waals surface area contributed by atoms with E-state index in [1.54, 1.807) is 0 Å². The number of rotatable bonds is 4. The lowest BCUT2D eigenvalue weighted by Crippen LogP contribution is -2.36. The molecule has 22 heavy (non-hydrogen) atoms. The first-order valence-corrected chi connectivity index (χ1v) is 7.75. The number of carboxylic acids is 1. The van der Waals surface area contributed by atoms with E-state index in [-0.39, 0.29) is 12.5 Å². The number of carbonyl (C=O) groups is 1. The van der Waals surface area contributed by atoms with Crippen molar-refractivity contribution in [2.75, 3.05) is 0 Å². The molecule has 3 rings (SSSR count). The van der Waals surface area contributed by atoms with Crippen LogP contribution < -0.4 is 4.57 Å². The Balaban J connectivity index is 1.93. The van der Waals surface area contributed by atoms with E-state index in [1.165, 1.54) is 16.7 Å². The highest BCUT2D eigenvalue weighted by molar-refractivity contribution is 5.66. The largest absolute Gasteiger partial charge is 0.481 e. The molecule has 0 spiro atoms. The molecule has 1 aliphatic heterocycles. The summed E-state index contributed by atoms with van der Waals surface area (Å²) in [6, 6.07) is 4.59. The zero-order chi connectivity index (χ0) is 15.9. The van der Waals surface area contributed by atoms with Crippen LogP contribution >= 0.6 is 0 Å². The second-order valence-corrected chi connectivity index (χ2v) is 6.26. The summed E-state index contributed by atoms with van der Waals surface area (Å²) in [5.74, 6) is 0.321. The summed E-state index contributed by atoms with van der Waals surface area (Å²) in [5, 5.41) is 13.6. The molecule has 0 unspecified atom stereocenters. The van der Waals surface area contributed by atoms with Gasteiger partial charge in [-0.05, 0) is 44.7 Å². The van der Waals surface area contributed by atoms with Gasteiger partial charge in [0.05, 0.1) is 6.04 Å². The number of aromatic nitrogens is 3. The highest BCUT2D eigenvalue weighted by Crippen LogP contribution is 2.24. The second-order valence-electron chi connectivity index (χ2n) is 6.26. The smallest absolute Gasteiger partial charge is 0.303 e. The molecule has 1 aromatic heterocycles. The predicted molar refractivity (Wildman–Crippen MR) is 82.2 cm³/mol. The monoisotopic (exact) mass is 300 g/mol.